The molecule has 1 N–H and O–H groups in total. The van der Waals surface area contributed by atoms with Crippen molar-refractivity contribution in [1.82, 2.24) is 20.0 Å². The fourth-order valence-electron chi connectivity index (χ4n) is 2.51. The van der Waals surface area contributed by atoms with Gasteiger partial charge in [0.15, 0.2) is 0 Å². The van der Waals surface area contributed by atoms with Crippen LogP contribution < -0.4 is 0 Å². The van der Waals surface area contributed by atoms with Gasteiger partial charge in [-0.2, -0.15) is 0 Å². The zero-order valence-corrected chi connectivity index (χ0v) is 14.8. The van der Waals surface area contributed by atoms with Crippen molar-refractivity contribution < 1.29 is 9.32 Å². The van der Waals surface area contributed by atoms with Crippen LogP contribution in [0, 0.1) is 0 Å². The number of carbonyl (C=O) groups is 1. The van der Waals surface area contributed by atoms with Crippen LogP contribution in [0.15, 0.2) is 46.3 Å². The lowest BCUT2D eigenvalue weighted by Gasteiger charge is -2.13. The van der Waals surface area contributed by atoms with Crippen LogP contribution in [0.1, 0.15) is 16.4 Å². The number of carbonyl (C=O) groups excluding carboxylic acids is 1. The number of aromatic nitrogens is 3. The lowest BCUT2D eigenvalue weighted by molar-refractivity contribution is 0.0740. The standard InChI is InChI=1S/C17H13ClN4O2S/c1-22(9-16-19-11-5-4-10(18)7-12(11)20-16)17(23)14-8-13(21-24-14)15-3-2-6-25-15/h2-8H,9H2,1H3,(H,19,20). The lowest BCUT2D eigenvalue weighted by Crippen LogP contribution is -2.26. The molecule has 0 unspecified atom stereocenters. The van der Waals surface area contributed by atoms with Crippen molar-refractivity contribution in [3.8, 4) is 10.6 Å². The van der Waals surface area contributed by atoms with Crippen LogP contribution in [-0.2, 0) is 6.54 Å². The number of benzene rings is 1. The molecular weight excluding hydrogens is 360 g/mol. The molecule has 25 heavy (non-hydrogen) atoms. The van der Waals surface area contributed by atoms with Crippen LogP contribution in [-0.4, -0.2) is 33.0 Å². The summed E-state index contributed by atoms with van der Waals surface area (Å²) in [4.78, 5) is 22.6. The smallest absolute Gasteiger partial charge is 0.292 e. The second kappa shape index (κ2) is 6.34. The third-order valence-corrected chi connectivity index (χ3v) is 4.85. The minimum atomic E-state index is -0.256. The van der Waals surface area contributed by atoms with Crippen LogP contribution in [0.3, 0.4) is 0 Å². The number of fused-ring (bicyclic) bond motifs is 1. The molecule has 3 aromatic heterocycles. The Morgan fingerprint density at radius 3 is 3.04 bits per heavy atom. The summed E-state index contributed by atoms with van der Waals surface area (Å²) in [5.74, 6) is 0.616. The van der Waals surface area contributed by atoms with E-state index in [0.29, 0.717) is 23.1 Å². The number of halogens is 1. The Hall–Kier alpha value is -2.64. The molecule has 0 saturated carbocycles. The van der Waals surface area contributed by atoms with Gasteiger partial charge in [-0.1, -0.05) is 22.8 Å². The van der Waals surface area contributed by atoms with Gasteiger partial charge in [0.25, 0.3) is 5.91 Å². The number of hydrogen-bond acceptors (Lipinski definition) is 5. The molecule has 1 aromatic carbocycles. The van der Waals surface area contributed by atoms with E-state index in [9.17, 15) is 4.79 Å². The highest BCUT2D eigenvalue weighted by Crippen LogP contribution is 2.24. The number of nitrogens with zero attached hydrogens (tertiary/aromatic N) is 3. The first kappa shape index (κ1) is 15.9. The Labute approximate surface area is 152 Å². The summed E-state index contributed by atoms with van der Waals surface area (Å²) in [7, 11) is 1.69. The Morgan fingerprint density at radius 2 is 2.24 bits per heavy atom. The molecule has 3 heterocycles. The van der Waals surface area contributed by atoms with Crippen molar-refractivity contribution in [2.75, 3.05) is 7.05 Å². The van der Waals surface area contributed by atoms with Crippen molar-refractivity contribution in [1.29, 1.82) is 0 Å². The van der Waals surface area contributed by atoms with Crippen molar-refractivity contribution in [3.05, 3.63) is 58.4 Å². The van der Waals surface area contributed by atoms with Crippen molar-refractivity contribution in [2.45, 2.75) is 6.54 Å². The number of rotatable bonds is 4. The molecule has 0 aliphatic heterocycles. The minimum absolute atomic E-state index is 0.199. The van der Waals surface area contributed by atoms with Gasteiger partial charge in [-0.25, -0.2) is 4.98 Å². The van der Waals surface area contributed by atoms with Gasteiger partial charge >= 0.3 is 0 Å². The minimum Gasteiger partial charge on any atom is -0.350 e. The van der Waals surface area contributed by atoms with E-state index in [1.807, 2.05) is 23.6 Å². The molecule has 4 aromatic rings. The zero-order chi connectivity index (χ0) is 17.4. The Bertz CT molecular complexity index is 1040. The first-order valence-corrected chi connectivity index (χ1v) is 8.76. The summed E-state index contributed by atoms with van der Waals surface area (Å²) in [6.45, 7) is 0.320. The summed E-state index contributed by atoms with van der Waals surface area (Å²) in [6, 6.07) is 10.9. The average molecular weight is 373 g/mol. The summed E-state index contributed by atoms with van der Waals surface area (Å²) < 4.78 is 5.20. The first-order chi connectivity index (χ1) is 12.1. The van der Waals surface area contributed by atoms with Gasteiger partial charge in [0.2, 0.25) is 5.76 Å². The maximum Gasteiger partial charge on any atom is 0.292 e. The average Bonchev–Trinajstić information content (AvgIpc) is 3.32. The highest BCUT2D eigenvalue weighted by molar-refractivity contribution is 7.13. The van der Waals surface area contributed by atoms with E-state index in [1.54, 1.807) is 36.6 Å². The zero-order valence-electron chi connectivity index (χ0n) is 13.2. The SMILES string of the molecule is CN(Cc1nc2ccc(Cl)cc2[nH]1)C(=O)c1cc(-c2cccs2)no1. The van der Waals surface area contributed by atoms with Crippen molar-refractivity contribution in [3.63, 3.8) is 0 Å². The highest BCUT2D eigenvalue weighted by atomic mass is 35.5. The molecular formula is C17H13ClN4O2S. The molecule has 0 aliphatic rings. The van der Waals surface area contributed by atoms with E-state index in [0.717, 1.165) is 15.9 Å². The second-order valence-electron chi connectivity index (χ2n) is 5.56. The number of H-pyrrole nitrogens is 1. The number of aromatic amines is 1. The summed E-state index contributed by atoms with van der Waals surface area (Å²) in [5.41, 5.74) is 2.30. The Kier molecular flexibility index (Phi) is 4.03. The lowest BCUT2D eigenvalue weighted by atomic mass is 10.3. The maximum atomic E-state index is 12.5. The molecule has 0 fully saturated rings. The highest BCUT2D eigenvalue weighted by Gasteiger charge is 2.19. The Balaban J connectivity index is 1.51. The molecule has 8 heteroatoms. The van der Waals surface area contributed by atoms with Crippen molar-refractivity contribution >= 4 is 39.9 Å². The number of thiophene rings is 1. The van der Waals surface area contributed by atoms with Crippen LogP contribution in [0.4, 0.5) is 0 Å². The fourth-order valence-corrected chi connectivity index (χ4v) is 3.36. The van der Waals surface area contributed by atoms with Gasteiger partial charge in [0, 0.05) is 18.1 Å². The molecule has 6 nitrogen and oxygen atoms in total. The van der Waals surface area contributed by atoms with E-state index in [-0.39, 0.29) is 11.7 Å². The van der Waals surface area contributed by atoms with E-state index in [1.165, 1.54) is 4.90 Å². The fraction of sp³-hybridized carbons (Fsp3) is 0.118. The predicted octanol–water partition coefficient (Wildman–Crippen LogP) is 4.21. The van der Waals surface area contributed by atoms with Crippen LogP contribution in [0.25, 0.3) is 21.6 Å². The molecule has 126 valence electrons. The molecule has 0 radical (unpaired) electrons. The molecule has 0 bridgehead atoms. The predicted molar refractivity (Wildman–Crippen MR) is 96.7 cm³/mol. The molecule has 4 rings (SSSR count). The normalized spacial score (nSPS) is 11.1. The van der Waals surface area contributed by atoms with E-state index in [2.05, 4.69) is 15.1 Å². The second-order valence-corrected chi connectivity index (χ2v) is 6.94. The van der Waals surface area contributed by atoms with Gasteiger partial charge in [-0.15, -0.1) is 11.3 Å². The topological polar surface area (TPSA) is 75.0 Å². The number of hydrogen-bond donors (Lipinski definition) is 1. The van der Waals surface area contributed by atoms with Gasteiger partial charge in [0.05, 0.1) is 22.5 Å². The summed E-state index contributed by atoms with van der Waals surface area (Å²) >= 11 is 7.52. The first-order valence-electron chi connectivity index (χ1n) is 7.50. The Morgan fingerprint density at radius 1 is 1.36 bits per heavy atom. The van der Waals surface area contributed by atoms with Crippen LogP contribution >= 0.6 is 22.9 Å². The van der Waals surface area contributed by atoms with E-state index >= 15 is 0 Å². The van der Waals surface area contributed by atoms with Gasteiger partial charge in [-0.05, 0) is 29.6 Å². The van der Waals surface area contributed by atoms with Crippen LogP contribution in [0.2, 0.25) is 5.02 Å². The molecule has 0 spiro atoms. The van der Waals surface area contributed by atoms with E-state index < -0.39 is 0 Å². The van der Waals surface area contributed by atoms with E-state index in [4.69, 9.17) is 16.1 Å². The summed E-state index contributed by atoms with van der Waals surface area (Å²) in [5, 5.41) is 6.55. The van der Waals surface area contributed by atoms with Gasteiger partial charge < -0.3 is 14.4 Å². The number of imidazole rings is 1. The number of nitrogens with one attached hydrogen (secondary N) is 1. The third kappa shape index (κ3) is 3.16. The quantitative estimate of drug-likeness (QED) is 0.582. The molecule has 0 aliphatic carbocycles. The molecule has 0 saturated heterocycles. The maximum absolute atomic E-state index is 12.5. The largest absolute Gasteiger partial charge is 0.350 e. The summed E-state index contributed by atoms with van der Waals surface area (Å²) in [6.07, 6.45) is 0. The van der Waals surface area contributed by atoms with Crippen molar-refractivity contribution in [2.24, 2.45) is 0 Å². The molecule has 1 amide bonds. The van der Waals surface area contributed by atoms with Gasteiger partial charge in [0.1, 0.15) is 11.5 Å². The van der Waals surface area contributed by atoms with Crippen LogP contribution in [0.5, 0.6) is 0 Å². The number of amides is 1. The van der Waals surface area contributed by atoms with Gasteiger partial charge in [-0.3, -0.25) is 4.79 Å². The molecule has 0 atom stereocenters. The monoisotopic (exact) mass is 372 g/mol. The third-order valence-electron chi connectivity index (χ3n) is 3.72.